The molecule has 0 atom stereocenters. The van der Waals surface area contributed by atoms with Crippen LogP contribution >= 0.6 is 0 Å². The fraction of sp³-hybridized carbons (Fsp3) is 0.474. The number of rotatable bonds is 7. The number of benzene rings is 1. The van der Waals surface area contributed by atoms with E-state index in [1.165, 1.54) is 12.1 Å². The minimum absolute atomic E-state index is 0.0175. The van der Waals surface area contributed by atoms with Crippen molar-refractivity contribution in [2.45, 2.75) is 19.3 Å². The molecule has 1 aromatic carbocycles. The van der Waals surface area contributed by atoms with Gasteiger partial charge in [0, 0.05) is 19.0 Å². The van der Waals surface area contributed by atoms with Gasteiger partial charge in [-0.2, -0.15) is 0 Å². The molecule has 2 N–H and O–H groups in total. The molecule has 1 heterocycles. The summed E-state index contributed by atoms with van der Waals surface area (Å²) in [6, 6.07) is 5.84. The molecule has 0 saturated carbocycles. The van der Waals surface area contributed by atoms with Gasteiger partial charge >= 0.3 is 0 Å². The summed E-state index contributed by atoms with van der Waals surface area (Å²) >= 11 is 0. The second kappa shape index (κ2) is 9.80. The van der Waals surface area contributed by atoms with Crippen LogP contribution in [0.2, 0.25) is 0 Å². The number of hydrogen-bond donors (Lipinski definition) is 2. The Labute approximate surface area is 148 Å². The smallest absolute Gasteiger partial charge is 0.224 e. The lowest BCUT2D eigenvalue weighted by atomic mass is 9.96. The van der Waals surface area contributed by atoms with Crippen molar-refractivity contribution in [3.05, 3.63) is 35.6 Å². The number of terminal acetylenes is 1. The molecule has 0 aromatic heterocycles. The quantitative estimate of drug-likeness (QED) is 0.571. The minimum Gasteiger partial charge on any atom is -0.354 e. The van der Waals surface area contributed by atoms with E-state index < -0.39 is 0 Å². The number of carbonyl (C=O) groups is 2. The van der Waals surface area contributed by atoms with Crippen LogP contribution in [0.25, 0.3) is 0 Å². The van der Waals surface area contributed by atoms with Crippen molar-refractivity contribution >= 4 is 11.8 Å². The van der Waals surface area contributed by atoms with Gasteiger partial charge in [-0.15, -0.1) is 6.42 Å². The van der Waals surface area contributed by atoms with Gasteiger partial charge in [-0.25, -0.2) is 4.39 Å². The van der Waals surface area contributed by atoms with Crippen molar-refractivity contribution in [3.63, 3.8) is 0 Å². The lowest BCUT2D eigenvalue weighted by molar-refractivity contribution is -0.126. The molecular weight excluding hydrogens is 321 g/mol. The highest BCUT2D eigenvalue weighted by Gasteiger charge is 2.24. The molecule has 0 bridgehead atoms. The number of likely N-dealkylation sites (tertiary alicyclic amines) is 1. The van der Waals surface area contributed by atoms with Gasteiger partial charge < -0.3 is 10.6 Å². The van der Waals surface area contributed by atoms with Gasteiger partial charge in [0.2, 0.25) is 11.8 Å². The summed E-state index contributed by atoms with van der Waals surface area (Å²) in [5.41, 5.74) is 0.752. The van der Waals surface area contributed by atoms with Crippen LogP contribution in [0.15, 0.2) is 24.3 Å². The van der Waals surface area contributed by atoms with Crippen LogP contribution < -0.4 is 10.6 Å². The maximum absolute atomic E-state index is 12.8. The van der Waals surface area contributed by atoms with Crippen LogP contribution in [-0.2, 0) is 16.0 Å². The molecule has 6 heteroatoms. The summed E-state index contributed by atoms with van der Waals surface area (Å²) in [5.74, 6) is 2.20. The van der Waals surface area contributed by atoms with E-state index >= 15 is 0 Å². The van der Waals surface area contributed by atoms with E-state index in [0.717, 1.165) is 31.5 Å². The second-order valence-electron chi connectivity index (χ2n) is 6.20. The Morgan fingerprint density at radius 2 is 1.80 bits per heavy atom. The average Bonchev–Trinajstić information content (AvgIpc) is 2.61. The maximum Gasteiger partial charge on any atom is 0.224 e. The lowest BCUT2D eigenvalue weighted by Crippen LogP contribution is -2.42. The molecule has 5 nitrogen and oxygen atoms in total. The molecule has 0 spiro atoms. The van der Waals surface area contributed by atoms with Crippen LogP contribution in [0.1, 0.15) is 18.4 Å². The number of nitrogens with one attached hydrogen (secondary N) is 2. The summed E-state index contributed by atoms with van der Waals surface area (Å²) < 4.78 is 12.8. The molecule has 1 aliphatic heterocycles. The van der Waals surface area contributed by atoms with E-state index in [9.17, 15) is 14.0 Å². The maximum atomic E-state index is 12.8. The van der Waals surface area contributed by atoms with E-state index in [-0.39, 0.29) is 30.0 Å². The molecule has 0 aliphatic carbocycles. The third-order valence-corrected chi connectivity index (χ3v) is 4.30. The summed E-state index contributed by atoms with van der Waals surface area (Å²) in [5, 5.41) is 5.61. The van der Waals surface area contributed by atoms with Crippen LogP contribution in [0.3, 0.4) is 0 Å². The number of hydrogen-bond acceptors (Lipinski definition) is 3. The molecule has 0 unspecified atom stereocenters. The van der Waals surface area contributed by atoms with E-state index in [0.29, 0.717) is 19.6 Å². The number of carbonyl (C=O) groups excluding carboxylic acids is 2. The first kappa shape index (κ1) is 18.9. The van der Waals surface area contributed by atoms with Crippen LogP contribution in [0.5, 0.6) is 0 Å². The van der Waals surface area contributed by atoms with Crippen LogP contribution in [0, 0.1) is 24.1 Å². The normalized spacial score (nSPS) is 15.4. The monoisotopic (exact) mass is 345 g/mol. The Morgan fingerprint density at radius 1 is 1.16 bits per heavy atom. The van der Waals surface area contributed by atoms with Gasteiger partial charge in [0.05, 0.1) is 13.0 Å². The molecule has 1 fully saturated rings. The molecule has 25 heavy (non-hydrogen) atoms. The van der Waals surface area contributed by atoms with Crippen LogP contribution in [0.4, 0.5) is 4.39 Å². The zero-order valence-corrected chi connectivity index (χ0v) is 14.3. The first-order chi connectivity index (χ1) is 12.1. The highest BCUT2D eigenvalue weighted by Crippen LogP contribution is 2.16. The standard InChI is InChI=1S/C19H24FN3O2/c1-2-11-23-12-7-16(8-13-23)19(25)22-10-9-21-18(24)14-15-3-5-17(20)6-4-15/h1,3-6,16H,7-14H2,(H,21,24)(H,22,25). The lowest BCUT2D eigenvalue weighted by Gasteiger charge is -2.29. The first-order valence-electron chi connectivity index (χ1n) is 8.53. The molecule has 134 valence electrons. The Morgan fingerprint density at radius 3 is 2.44 bits per heavy atom. The Balaban J connectivity index is 1.59. The number of amides is 2. The van der Waals surface area contributed by atoms with Gasteiger partial charge in [-0.1, -0.05) is 18.1 Å². The Kier molecular flexibility index (Phi) is 7.42. The van der Waals surface area contributed by atoms with Gasteiger partial charge in [0.1, 0.15) is 5.82 Å². The number of piperidine rings is 1. The van der Waals surface area contributed by atoms with Gasteiger partial charge in [-0.05, 0) is 43.6 Å². The van der Waals surface area contributed by atoms with Crippen molar-refractivity contribution in [2.24, 2.45) is 5.92 Å². The highest BCUT2D eigenvalue weighted by atomic mass is 19.1. The molecule has 0 radical (unpaired) electrons. The minimum atomic E-state index is -0.322. The van der Waals surface area contributed by atoms with E-state index in [1.807, 2.05) is 0 Å². The summed E-state index contributed by atoms with van der Waals surface area (Å²) in [6.07, 6.45) is 7.11. The van der Waals surface area contributed by atoms with Crippen molar-refractivity contribution in [1.29, 1.82) is 0 Å². The topological polar surface area (TPSA) is 61.4 Å². The fourth-order valence-corrected chi connectivity index (χ4v) is 2.86. The zero-order chi connectivity index (χ0) is 18.1. The second-order valence-corrected chi connectivity index (χ2v) is 6.20. The zero-order valence-electron chi connectivity index (χ0n) is 14.3. The predicted octanol–water partition coefficient (Wildman–Crippen LogP) is 0.946. The number of halogens is 1. The van der Waals surface area contributed by atoms with Crippen LogP contribution in [-0.4, -0.2) is 49.4 Å². The van der Waals surface area contributed by atoms with Crippen molar-refractivity contribution in [3.8, 4) is 12.3 Å². The summed E-state index contributed by atoms with van der Waals surface area (Å²) in [4.78, 5) is 26.1. The van der Waals surface area contributed by atoms with Gasteiger partial charge in [-0.3, -0.25) is 14.5 Å². The fourth-order valence-electron chi connectivity index (χ4n) is 2.86. The SMILES string of the molecule is C#CCN1CCC(C(=O)NCCNC(=O)Cc2ccc(F)cc2)CC1. The highest BCUT2D eigenvalue weighted by molar-refractivity contribution is 5.79. The molecule has 2 amide bonds. The van der Waals surface area contributed by atoms with Gasteiger partial charge in [0.15, 0.2) is 0 Å². The van der Waals surface area contributed by atoms with Crippen molar-refractivity contribution < 1.29 is 14.0 Å². The average molecular weight is 345 g/mol. The molecule has 1 aliphatic rings. The van der Waals surface area contributed by atoms with Crippen molar-refractivity contribution in [1.82, 2.24) is 15.5 Å². The molecule has 1 aromatic rings. The third-order valence-electron chi connectivity index (χ3n) is 4.30. The van der Waals surface area contributed by atoms with E-state index in [1.54, 1.807) is 12.1 Å². The molecule has 1 saturated heterocycles. The molecule has 2 rings (SSSR count). The Bertz CT molecular complexity index is 617. The molecular formula is C19H24FN3O2. The summed E-state index contributed by atoms with van der Waals surface area (Å²) in [7, 11) is 0. The third kappa shape index (κ3) is 6.55. The predicted molar refractivity (Wildman–Crippen MR) is 94.1 cm³/mol. The van der Waals surface area contributed by atoms with Crippen molar-refractivity contribution in [2.75, 3.05) is 32.7 Å². The summed E-state index contributed by atoms with van der Waals surface area (Å²) in [6.45, 7) is 3.10. The first-order valence-corrected chi connectivity index (χ1v) is 8.53. The van der Waals surface area contributed by atoms with E-state index in [2.05, 4.69) is 21.5 Å². The largest absolute Gasteiger partial charge is 0.354 e. The number of nitrogens with zero attached hydrogens (tertiary/aromatic N) is 1. The van der Waals surface area contributed by atoms with Gasteiger partial charge in [0.25, 0.3) is 0 Å². The Hall–Kier alpha value is -2.39. The van der Waals surface area contributed by atoms with E-state index in [4.69, 9.17) is 6.42 Å².